The van der Waals surface area contributed by atoms with Crippen LogP contribution in [0, 0.1) is 0 Å². The minimum Gasteiger partial charge on any atom is -0.463 e. The first-order chi connectivity index (χ1) is 16.0. The summed E-state index contributed by atoms with van der Waals surface area (Å²) >= 11 is 0. The van der Waals surface area contributed by atoms with E-state index >= 15 is 0 Å². The van der Waals surface area contributed by atoms with Crippen LogP contribution >= 0.6 is 0 Å². The number of hydrogen-bond acceptors (Lipinski definition) is 9. The first kappa shape index (κ1) is 22.7. The van der Waals surface area contributed by atoms with Crippen LogP contribution in [0.2, 0.25) is 0 Å². The van der Waals surface area contributed by atoms with Crippen molar-refractivity contribution in [2.45, 2.75) is 58.1 Å². The smallest absolute Gasteiger partial charge is 0.303 e. The predicted molar refractivity (Wildman–Crippen MR) is 119 cm³/mol. The van der Waals surface area contributed by atoms with Gasteiger partial charge in [-0.15, -0.1) is 0 Å². The molecule has 1 fully saturated rings. The quantitative estimate of drug-likeness (QED) is 0.513. The van der Waals surface area contributed by atoms with E-state index in [0.29, 0.717) is 23.4 Å². The highest BCUT2D eigenvalue weighted by Crippen LogP contribution is 2.34. The van der Waals surface area contributed by atoms with Crippen LogP contribution in [-0.2, 0) is 23.8 Å². The van der Waals surface area contributed by atoms with Gasteiger partial charge < -0.3 is 19.5 Å². The number of anilines is 1. The third kappa shape index (κ3) is 5.11. The molecule has 0 radical (unpaired) electrons. The van der Waals surface area contributed by atoms with Crippen LogP contribution in [0.25, 0.3) is 11.2 Å². The van der Waals surface area contributed by atoms with Crippen molar-refractivity contribution in [3.63, 3.8) is 0 Å². The number of ether oxygens (including phenoxy) is 3. The number of hydrogen-bond donors (Lipinski definition) is 1. The van der Waals surface area contributed by atoms with E-state index in [9.17, 15) is 9.59 Å². The van der Waals surface area contributed by atoms with E-state index in [2.05, 4.69) is 39.3 Å². The largest absolute Gasteiger partial charge is 0.463 e. The number of carbonyl (C=O) groups excluding carboxylic acids is 2. The second-order valence-electron chi connectivity index (χ2n) is 7.90. The Morgan fingerprint density at radius 2 is 1.97 bits per heavy atom. The van der Waals surface area contributed by atoms with Crippen molar-refractivity contribution >= 4 is 28.9 Å². The number of nitrogens with one attached hydrogen (secondary N) is 1. The summed E-state index contributed by atoms with van der Waals surface area (Å²) in [6.07, 6.45) is 2.67. The zero-order valence-electron chi connectivity index (χ0n) is 18.8. The summed E-state index contributed by atoms with van der Waals surface area (Å²) in [5.41, 5.74) is 2.28. The van der Waals surface area contributed by atoms with Crippen LogP contribution in [0.15, 0.2) is 43.0 Å². The molecule has 0 bridgehead atoms. The fourth-order valence-corrected chi connectivity index (χ4v) is 4.01. The number of carbonyl (C=O) groups is 2. The number of rotatable bonds is 8. The zero-order chi connectivity index (χ0) is 23.4. The summed E-state index contributed by atoms with van der Waals surface area (Å²) in [6, 6.07) is 10.2. The van der Waals surface area contributed by atoms with Gasteiger partial charge in [0.25, 0.3) is 0 Å². The van der Waals surface area contributed by atoms with Gasteiger partial charge in [-0.1, -0.05) is 37.3 Å². The fraction of sp³-hybridized carbons (Fsp3) is 0.435. The molecule has 4 rings (SSSR count). The third-order valence-corrected chi connectivity index (χ3v) is 5.49. The van der Waals surface area contributed by atoms with Crippen molar-refractivity contribution in [1.29, 1.82) is 0 Å². The number of aromatic nitrogens is 4. The fourth-order valence-electron chi connectivity index (χ4n) is 4.01. The third-order valence-electron chi connectivity index (χ3n) is 5.49. The van der Waals surface area contributed by atoms with E-state index in [1.54, 1.807) is 10.9 Å². The topological polar surface area (TPSA) is 117 Å². The highest BCUT2D eigenvalue weighted by Gasteiger charge is 2.40. The first-order valence-electron chi connectivity index (χ1n) is 10.9. The maximum atomic E-state index is 11.7. The van der Waals surface area contributed by atoms with E-state index in [1.807, 2.05) is 18.2 Å². The molecule has 10 nitrogen and oxygen atoms in total. The molecular formula is C23H27N5O5. The Balaban J connectivity index is 1.61. The number of benzene rings is 1. The molecule has 174 valence electrons. The van der Waals surface area contributed by atoms with Crippen LogP contribution in [0.4, 0.5) is 5.82 Å². The maximum absolute atomic E-state index is 11.7. The van der Waals surface area contributed by atoms with Gasteiger partial charge in [-0.25, -0.2) is 15.0 Å². The van der Waals surface area contributed by atoms with Gasteiger partial charge >= 0.3 is 11.9 Å². The SMILES string of the molecule is CCC(Nc1ncnc2c1ncn2C1OC(COC(C)=O)CC1OC(C)=O)c1ccccc1. The van der Waals surface area contributed by atoms with Gasteiger partial charge in [0.2, 0.25) is 0 Å². The summed E-state index contributed by atoms with van der Waals surface area (Å²) in [6.45, 7) is 4.86. The van der Waals surface area contributed by atoms with Gasteiger partial charge in [0, 0.05) is 20.3 Å². The average Bonchev–Trinajstić information content (AvgIpc) is 3.40. The molecule has 1 saturated heterocycles. The molecule has 3 aromatic rings. The van der Waals surface area contributed by atoms with Crippen molar-refractivity contribution in [2.75, 3.05) is 11.9 Å². The van der Waals surface area contributed by atoms with Gasteiger partial charge in [-0.3, -0.25) is 14.2 Å². The maximum Gasteiger partial charge on any atom is 0.303 e. The van der Waals surface area contributed by atoms with Crippen LogP contribution in [0.5, 0.6) is 0 Å². The van der Waals surface area contributed by atoms with Gasteiger partial charge in [0.1, 0.15) is 19.0 Å². The minimum atomic E-state index is -0.654. The summed E-state index contributed by atoms with van der Waals surface area (Å²) in [7, 11) is 0. The summed E-state index contributed by atoms with van der Waals surface area (Å²) < 4.78 is 18.4. The van der Waals surface area contributed by atoms with E-state index in [0.717, 1.165) is 12.0 Å². The Hall–Kier alpha value is -3.53. The van der Waals surface area contributed by atoms with E-state index in [-0.39, 0.29) is 12.6 Å². The molecule has 0 spiro atoms. The molecule has 4 unspecified atom stereocenters. The van der Waals surface area contributed by atoms with E-state index in [4.69, 9.17) is 14.2 Å². The summed E-state index contributed by atoms with van der Waals surface area (Å²) in [5, 5.41) is 3.47. The lowest BCUT2D eigenvalue weighted by molar-refractivity contribution is -0.152. The Labute approximate surface area is 191 Å². The Bertz CT molecular complexity index is 1120. The highest BCUT2D eigenvalue weighted by molar-refractivity contribution is 5.83. The first-order valence-corrected chi connectivity index (χ1v) is 10.9. The van der Waals surface area contributed by atoms with Crippen molar-refractivity contribution in [3.8, 4) is 0 Å². The zero-order valence-corrected chi connectivity index (χ0v) is 18.8. The molecule has 0 saturated carbocycles. The van der Waals surface area contributed by atoms with Gasteiger partial charge in [0.15, 0.2) is 23.2 Å². The van der Waals surface area contributed by atoms with Crippen molar-refractivity contribution in [3.05, 3.63) is 48.5 Å². The van der Waals surface area contributed by atoms with Crippen molar-refractivity contribution < 1.29 is 23.8 Å². The van der Waals surface area contributed by atoms with Gasteiger partial charge in [-0.05, 0) is 12.0 Å². The monoisotopic (exact) mass is 453 g/mol. The molecule has 3 heterocycles. The van der Waals surface area contributed by atoms with E-state index < -0.39 is 30.4 Å². The standard InChI is InChI=1S/C23H27N5O5/c1-4-18(16-8-6-5-7-9-16)27-21-20-22(25-12-24-21)28(13-26-20)23-19(32-15(3)30)10-17(33-23)11-31-14(2)29/h5-9,12-13,17-19,23H,4,10-11H2,1-3H3,(H,24,25,27). The van der Waals surface area contributed by atoms with Crippen molar-refractivity contribution in [1.82, 2.24) is 19.5 Å². The molecular weight excluding hydrogens is 426 g/mol. The second kappa shape index (κ2) is 9.95. The summed E-state index contributed by atoms with van der Waals surface area (Å²) in [5.74, 6) is -0.212. The van der Waals surface area contributed by atoms with Crippen LogP contribution in [0.3, 0.4) is 0 Å². The highest BCUT2D eigenvalue weighted by atomic mass is 16.6. The predicted octanol–water partition coefficient (Wildman–Crippen LogP) is 3.17. The average molecular weight is 453 g/mol. The van der Waals surface area contributed by atoms with Crippen molar-refractivity contribution in [2.24, 2.45) is 0 Å². The van der Waals surface area contributed by atoms with Gasteiger partial charge in [-0.2, -0.15) is 0 Å². The lowest BCUT2D eigenvalue weighted by Crippen LogP contribution is -2.24. The molecule has 2 aromatic heterocycles. The molecule has 4 atom stereocenters. The molecule has 0 aliphatic carbocycles. The molecule has 10 heteroatoms. The Kier molecular flexibility index (Phi) is 6.83. The normalized spacial score (nSPS) is 21.0. The number of fused-ring (bicyclic) bond motifs is 1. The Morgan fingerprint density at radius 3 is 2.67 bits per heavy atom. The van der Waals surface area contributed by atoms with Crippen LogP contribution in [-0.4, -0.2) is 50.3 Å². The second-order valence-corrected chi connectivity index (χ2v) is 7.90. The van der Waals surface area contributed by atoms with Crippen LogP contribution < -0.4 is 5.32 Å². The minimum absolute atomic E-state index is 0.0547. The van der Waals surface area contributed by atoms with Crippen LogP contribution in [0.1, 0.15) is 51.4 Å². The summed E-state index contributed by atoms with van der Waals surface area (Å²) in [4.78, 5) is 36.2. The van der Waals surface area contributed by atoms with Gasteiger partial charge in [0.05, 0.1) is 18.5 Å². The number of nitrogens with zero attached hydrogens (tertiary/aromatic N) is 4. The number of esters is 2. The molecule has 1 aromatic carbocycles. The molecule has 33 heavy (non-hydrogen) atoms. The molecule has 0 amide bonds. The lowest BCUT2D eigenvalue weighted by Gasteiger charge is -2.20. The molecule has 1 N–H and O–H groups in total. The van der Waals surface area contributed by atoms with E-state index in [1.165, 1.54) is 20.2 Å². The number of imidazole rings is 1. The lowest BCUT2D eigenvalue weighted by atomic mass is 10.0. The molecule has 1 aliphatic heterocycles. The Morgan fingerprint density at radius 1 is 1.18 bits per heavy atom. The molecule has 1 aliphatic rings.